The molecule has 2 aromatic rings. The highest BCUT2D eigenvalue weighted by atomic mass is 79.9. The van der Waals surface area contributed by atoms with Crippen molar-refractivity contribution in [1.82, 2.24) is 9.88 Å². The molecular weight excluding hydrogens is 338 g/mol. The van der Waals surface area contributed by atoms with E-state index in [4.69, 9.17) is 10.5 Å². The van der Waals surface area contributed by atoms with Crippen molar-refractivity contribution in [2.45, 2.75) is 12.6 Å². The number of hydrogen-bond acceptors (Lipinski definition) is 5. The summed E-state index contributed by atoms with van der Waals surface area (Å²) in [5.41, 5.74) is 10.0. The molecule has 0 aliphatic carbocycles. The van der Waals surface area contributed by atoms with Crippen LogP contribution in [0, 0.1) is 0 Å². The number of methoxy groups -OCH3 is 1. The van der Waals surface area contributed by atoms with Crippen LogP contribution in [0.1, 0.15) is 17.3 Å². The van der Waals surface area contributed by atoms with Crippen LogP contribution < -0.4 is 10.5 Å². The highest BCUT2D eigenvalue weighted by molar-refractivity contribution is 9.10. The molecule has 108 valence electrons. The Morgan fingerprint density at radius 3 is 2.85 bits per heavy atom. The lowest BCUT2D eigenvalue weighted by Crippen LogP contribution is -2.30. The lowest BCUT2D eigenvalue weighted by molar-refractivity contribution is 0.239. The number of halogens is 1. The number of hydrogen-bond donors (Lipinski definition) is 1. The molecule has 1 unspecified atom stereocenters. The van der Waals surface area contributed by atoms with Gasteiger partial charge in [0.2, 0.25) is 0 Å². The number of ether oxygens (including phenoxy) is 1. The number of benzene rings is 1. The largest absolute Gasteiger partial charge is 0.496 e. The molecule has 0 spiro atoms. The Bertz CT molecular complexity index is 547. The third kappa shape index (κ3) is 3.58. The topological polar surface area (TPSA) is 51.4 Å². The van der Waals surface area contributed by atoms with Crippen LogP contribution in [-0.2, 0) is 6.54 Å². The van der Waals surface area contributed by atoms with Crippen molar-refractivity contribution in [3.05, 3.63) is 44.8 Å². The number of nitrogens with two attached hydrogens (primary N) is 1. The van der Waals surface area contributed by atoms with E-state index in [2.05, 4.69) is 50.4 Å². The number of rotatable bonds is 6. The second kappa shape index (κ2) is 7.17. The molecule has 0 saturated heterocycles. The van der Waals surface area contributed by atoms with E-state index in [0.29, 0.717) is 6.54 Å². The first-order valence-corrected chi connectivity index (χ1v) is 8.00. The van der Waals surface area contributed by atoms with Gasteiger partial charge in [-0.2, -0.15) is 0 Å². The van der Waals surface area contributed by atoms with Gasteiger partial charge in [0.25, 0.3) is 0 Å². The molecule has 2 rings (SSSR count). The maximum absolute atomic E-state index is 5.95. The number of thiazole rings is 1. The lowest BCUT2D eigenvalue weighted by atomic mass is 10.1. The van der Waals surface area contributed by atoms with Crippen LogP contribution >= 0.6 is 27.3 Å². The molecule has 20 heavy (non-hydrogen) atoms. The molecule has 0 fully saturated rings. The summed E-state index contributed by atoms with van der Waals surface area (Å²) in [5.74, 6) is 0.826. The molecule has 0 saturated carbocycles. The molecule has 4 nitrogen and oxygen atoms in total. The van der Waals surface area contributed by atoms with E-state index >= 15 is 0 Å². The quantitative estimate of drug-likeness (QED) is 0.864. The molecule has 1 atom stereocenters. The maximum Gasteiger partial charge on any atom is 0.133 e. The van der Waals surface area contributed by atoms with E-state index in [1.54, 1.807) is 18.4 Å². The normalized spacial score (nSPS) is 12.7. The van der Waals surface area contributed by atoms with Crippen molar-refractivity contribution in [2.24, 2.45) is 5.73 Å². The smallest absolute Gasteiger partial charge is 0.133 e. The van der Waals surface area contributed by atoms with Crippen LogP contribution in [0.3, 0.4) is 0 Å². The van der Waals surface area contributed by atoms with E-state index in [1.165, 1.54) is 0 Å². The highest BCUT2D eigenvalue weighted by Crippen LogP contribution is 2.30. The summed E-state index contributed by atoms with van der Waals surface area (Å²) in [6.45, 7) is 1.34. The summed E-state index contributed by atoms with van der Waals surface area (Å²) in [7, 11) is 3.73. The summed E-state index contributed by atoms with van der Waals surface area (Å²) < 4.78 is 6.20. The first kappa shape index (κ1) is 15.4. The monoisotopic (exact) mass is 355 g/mol. The Kier molecular flexibility index (Phi) is 5.54. The summed E-state index contributed by atoms with van der Waals surface area (Å²) in [5, 5.41) is 2.06. The predicted molar refractivity (Wildman–Crippen MR) is 86.1 cm³/mol. The van der Waals surface area contributed by atoms with Gasteiger partial charge in [0, 0.05) is 24.5 Å². The van der Waals surface area contributed by atoms with Gasteiger partial charge in [0.15, 0.2) is 0 Å². The number of likely N-dealkylation sites (N-methyl/N-ethyl adjacent to an activating group) is 1. The molecule has 0 aliphatic heterocycles. The Labute approximate surface area is 131 Å². The highest BCUT2D eigenvalue weighted by Gasteiger charge is 2.17. The molecule has 0 amide bonds. The summed E-state index contributed by atoms with van der Waals surface area (Å²) in [6, 6.07) is 6.23. The molecule has 1 aromatic heterocycles. The molecule has 0 radical (unpaired) electrons. The van der Waals surface area contributed by atoms with Crippen molar-refractivity contribution in [2.75, 3.05) is 20.7 Å². The van der Waals surface area contributed by atoms with Gasteiger partial charge in [0.1, 0.15) is 5.75 Å². The Morgan fingerprint density at radius 1 is 1.50 bits per heavy atom. The van der Waals surface area contributed by atoms with E-state index < -0.39 is 0 Å². The average Bonchev–Trinajstić information content (AvgIpc) is 2.92. The second-order valence-electron chi connectivity index (χ2n) is 4.54. The number of aromatic nitrogens is 1. The molecular formula is C14H18BrN3OS. The Morgan fingerprint density at radius 2 is 2.30 bits per heavy atom. The van der Waals surface area contributed by atoms with Crippen molar-refractivity contribution in [1.29, 1.82) is 0 Å². The third-order valence-electron chi connectivity index (χ3n) is 3.21. The standard InChI is InChI=1S/C14H18BrN3OS/c1-18(7-11-8-20-9-17-11)13(6-16)10-3-4-14(19-2)12(15)5-10/h3-5,8-9,13H,6-7,16H2,1-2H3. The molecule has 2 N–H and O–H groups in total. The fourth-order valence-corrected chi connectivity index (χ4v) is 3.25. The van der Waals surface area contributed by atoms with Gasteiger partial charge in [-0.1, -0.05) is 6.07 Å². The van der Waals surface area contributed by atoms with Crippen molar-refractivity contribution >= 4 is 27.3 Å². The third-order valence-corrected chi connectivity index (χ3v) is 4.47. The Hall–Kier alpha value is -0.950. The van der Waals surface area contributed by atoms with Crippen LogP contribution in [-0.4, -0.2) is 30.6 Å². The molecule has 6 heteroatoms. The van der Waals surface area contributed by atoms with Crippen LogP contribution in [0.25, 0.3) is 0 Å². The zero-order valence-electron chi connectivity index (χ0n) is 11.5. The van der Waals surface area contributed by atoms with Crippen LogP contribution in [0.4, 0.5) is 0 Å². The zero-order chi connectivity index (χ0) is 14.5. The molecule has 0 bridgehead atoms. The average molecular weight is 356 g/mol. The first-order chi connectivity index (χ1) is 9.65. The fraction of sp³-hybridized carbons (Fsp3) is 0.357. The van der Waals surface area contributed by atoms with E-state index in [9.17, 15) is 0 Å². The second-order valence-corrected chi connectivity index (χ2v) is 6.11. The van der Waals surface area contributed by atoms with Crippen LogP contribution in [0.2, 0.25) is 0 Å². The van der Waals surface area contributed by atoms with Gasteiger partial charge >= 0.3 is 0 Å². The van der Waals surface area contributed by atoms with Crippen LogP contribution in [0.15, 0.2) is 33.6 Å². The fourth-order valence-electron chi connectivity index (χ4n) is 2.14. The van der Waals surface area contributed by atoms with Crippen molar-refractivity contribution < 1.29 is 4.74 Å². The summed E-state index contributed by atoms with van der Waals surface area (Å²) in [4.78, 5) is 6.53. The van der Waals surface area contributed by atoms with Crippen molar-refractivity contribution in [3.8, 4) is 5.75 Å². The van der Waals surface area contributed by atoms with E-state index in [-0.39, 0.29) is 6.04 Å². The number of nitrogens with zero attached hydrogens (tertiary/aromatic N) is 2. The maximum atomic E-state index is 5.95. The Balaban J connectivity index is 2.16. The van der Waals surface area contributed by atoms with Gasteiger partial charge in [-0.05, 0) is 40.7 Å². The van der Waals surface area contributed by atoms with Gasteiger partial charge in [-0.15, -0.1) is 11.3 Å². The first-order valence-electron chi connectivity index (χ1n) is 6.26. The predicted octanol–water partition coefficient (Wildman–Crippen LogP) is 3.05. The SMILES string of the molecule is COc1ccc(C(CN)N(C)Cc2cscn2)cc1Br. The van der Waals surface area contributed by atoms with Gasteiger partial charge in [-0.25, -0.2) is 4.98 Å². The van der Waals surface area contributed by atoms with Crippen LogP contribution in [0.5, 0.6) is 5.75 Å². The van der Waals surface area contributed by atoms with Gasteiger partial charge < -0.3 is 10.5 Å². The van der Waals surface area contributed by atoms with Gasteiger partial charge in [0.05, 0.1) is 22.8 Å². The zero-order valence-corrected chi connectivity index (χ0v) is 13.9. The summed E-state index contributed by atoms with van der Waals surface area (Å²) >= 11 is 5.13. The van der Waals surface area contributed by atoms with Gasteiger partial charge in [-0.3, -0.25) is 4.90 Å². The molecule has 1 heterocycles. The van der Waals surface area contributed by atoms with E-state index in [0.717, 1.165) is 28.0 Å². The van der Waals surface area contributed by atoms with E-state index in [1.807, 2.05) is 11.6 Å². The molecule has 1 aromatic carbocycles. The minimum atomic E-state index is 0.152. The minimum Gasteiger partial charge on any atom is -0.496 e. The lowest BCUT2D eigenvalue weighted by Gasteiger charge is -2.27. The molecule has 0 aliphatic rings. The summed E-state index contributed by atoms with van der Waals surface area (Å²) in [6.07, 6.45) is 0. The minimum absolute atomic E-state index is 0.152. The van der Waals surface area contributed by atoms with Crippen molar-refractivity contribution in [3.63, 3.8) is 0 Å².